The van der Waals surface area contributed by atoms with E-state index < -0.39 is 17.2 Å². The van der Waals surface area contributed by atoms with Gasteiger partial charge < -0.3 is 14.7 Å². The van der Waals surface area contributed by atoms with Crippen LogP contribution < -0.4 is 16.6 Å². The lowest BCUT2D eigenvalue weighted by atomic mass is 10.3. The van der Waals surface area contributed by atoms with Gasteiger partial charge in [-0.3, -0.25) is 14.6 Å². The van der Waals surface area contributed by atoms with Crippen molar-refractivity contribution in [2.75, 3.05) is 5.32 Å². The van der Waals surface area contributed by atoms with E-state index in [0.29, 0.717) is 0 Å². The van der Waals surface area contributed by atoms with E-state index in [1.165, 1.54) is 19.3 Å². The number of furan rings is 1. The van der Waals surface area contributed by atoms with Gasteiger partial charge in [-0.1, -0.05) is 0 Å². The molecule has 2 aromatic rings. The van der Waals surface area contributed by atoms with Crippen LogP contribution in [0, 0.1) is 6.92 Å². The highest BCUT2D eigenvalue weighted by Gasteiger charge is 2.13. The molecule has 0 fully saturated rings. The number of aromatic amines is 2. The first-order valence-corrected chi connectivity index (χ1v) is 4.76. The average Bonchev–Trinajstić information content (AvgIpc) is 2.76. The van der Waals surface area contributed by atoms with E-state index in [1.54, 1.807) is 6.07 Å². The molecule has 0 spiro atoms. The highest BCUT2D eigenvalue weighted by molar-refractivity contribution is 6.02. The summed E-state index contributed by atoms with van der Waals surface area (Å²) in [6.45, 7) is 1.51. The van der Waals surface area contributed by atoms with Crippen LogP contribution >= 0.6 is 0 Å². The number of rotatable bonds is 2. The quantitative estimate of drug-likeness (QED) is 0.691. The third-order valence-electron chi connectivity index (χ3n) is 2.11. The summed E-state index contributed by atoms with van der Waals surface area (Å²) in [7, 11) is 0. The van der Waals surface area contributed by atoms with E-state index in [9.17, 15) is 14.4 Å². The van der Waals surface area contributed by atoms with Crippen molar-refractivity contribution in [2.45, 2.75) is 6.92 Å². The lowest BCUT2D eigenvalue weighted by Crippen LogP contribution is -2.28. The van der Waals surface area contributed by atoms with Crippen molar-refractivity contribution in [1.29, 1.82) is 0 Å². The third-order valence-corrected chi connectivity index (χ3v) is 2.11. The van der Waals surface area contributed by atoms with Crippen molar-refractivity contribution in [3.8, 4) is 0 Å². The zero-order valence-corrected chi connectivity index (χ0v) is 8.87. The van der Waals surface area contributed by atoms with Crippen LogP contribution in [0.25, 0.3) is 0 Å². The number of aromatic nitrogens is 2. The Morgan fingerprint density at radius 1 is 1.35 bits per heavy atom. The molecule has 0 saturated heterocycles. The lowest BCUT2D eigenvalue weighted by molar-refractivity contribution is 0.0996. The minimum absolute atomic E-state index is 0.00833. The van der Waals surface area contributed by atoms with Gasteiger partial charge in [-0.2, -0.15) is 0 Å². The molecule has 0 saturated carbocycles. The topological polar surface area (TPSA) is 108 Å². The number of carbonyl (C=O) groups excluding carboxylic acids is 1. The summed E-state index contributed by atoms with van der Waals surface area (Å²) in [4.78, 5) is 38.4. The molecule has 0 aliphatic heterocycles. The molecule has 7 nitrogen and oxygen atoms in total. The number of aryl methyl sites for hydroxylation is 1. The summed E-state index contributed by atoms with van der Waals surface area (Å²) >= 11 is 0. The van der Waals surface area contributed by atoms with Crippen LogP contribution in [-0.4, -0.2) is 15.9 Å². The second-order valence-electron chi connectivity index (χ2n) is 3.34. The van der Waals surface area contributed by atoms with Gasteiger partial charge >= 0.3 is 5.69 Å². The first-order valence-electron chi connectivity index (χ1n) is 4.76. The summed E-state index contributed by atoms with van der Waals surface area (Å²) in [5.74, 6) is -0.481. The summed E-state index contributed by atoms with van der Waals surface area (Å²) in [6.07, 6.45) is 1.35. The van der Waals surface area contributed by atoms with Crippen LogP contribution in [0.3, 0.4) is 0 Å². The second kappa shape index (κ2) is 4.12. The molecule has 0 unspecified atom stereocenters. The predicted molar refractivity (Wildman–Crippen MR) is 59.1 cm³/mol. The molecule has 0 aliphatic rings. The van der Waals surface area contributed by atoms with Gasteiger partial charge in [-0.25, -0.2) is 4.79 Å². The lowest BCUT2D eigenvalue weighted by Gasteiger charge is -2.04. The van der Waals surface area contributed by atoms with Gasteiger partial charge in [0.25, 0.3) is 11.5 Å². The minimum Gasteiger partial charge on any atom is -0.459 e. The molecule has 2 aromatic heterocycles. The summed E-state index contributed by atoms with van der Waals surface area (Å²) in [5, 5.41) is 2.36. The molecule has 0 bridgehead atoms. The molecular formula is C10H9N3O4. The Hall–Kier alpha value is -2.57. The summed E-state index contributed by atoms with van der Waals surface area (Å²) < 4.78 is 4.87. The van der Waals surface area contributed by atoms with Gasteiger partial charge in [0.1, 0.15) is 5.69 Å². The maximum Gasteiger partial charge on any atom is 0.326 e. The number of nitrogens with one attached hydrogen (secondary N) is 3. The van der Waals surface area contributed by atoms with Crippen LogP contribution in [0.1, 0.15) is 16.2 Å². The molecule has 0 aliphatic carbocycles. The number of H-pyrrole nitrogens is 2. The van der Waals surface area contributed by atoms with E-state index in [1.807, 2.05) is 4.98 Å². The summed E-state index contributed by atoms with van der Waals surface area (Å²) in [6, 6.07) is 3.02. The first-order chi connectivity index (χ1) is 8.08. The Balaban J connectivity index is 2.35. The van der Waals surface area contributed by atoms with Crippen LogP contribution in [0.5, 0.6) is 0 Å². The number of anilines is 1. The van der Waals surface area contributed by atoms with E-state index >= 15 is 0 Å². The largest absolute Gasteiger partial charge is 0.459 e. The fourth-order valence-corrected chi connectivity index (χ4v) is 1.33. The molecule has 2 rings (SSSR count). The maximum absolute atomic E-state index is 11.6. The standard InChI is InChI=1S/C10H9N3O4/c1-5-7(9(15)13-10(16)11-5)12-8(14)6-3-2-4-17-6/h2-4H,1H3,(H,12,14)(H2,11,13,15,16). The molecular weight excluding hydrogens is 226 g/mol. The van der Waals surface area contributed by atoms with Crippen LogP contribution in [0.15, 0.2) is 32.4 Å². The Morgan fingerprint density at radius 2 is 2.12 bits per heavy atom. The van der Waals surface area contributed by atoms with E-state index in [2.05, 4.69) is 10.3 Å². The molecule has 3 N–H and O–H groups in total. The molecule has 88 valence electrons. The average molecular weight is 235 g/mol. The van der Waals surface area contributed by atoms with E-state index in [4.69, 9.17) is 4.42 Å². The van der Waals surface area contributed by atoms with Gasteiger partial charge in [0.15, 0.2) is 5.76 Å². The highest BCUT2D eigenvalue weighted by atomic mass is 16.3. The van der Waals surface area contributed by atoms with Crippen LogP contribution in [-0.2, 0) is 0 Å². The Bertz CT molecular complexity index is 651. The first kappa shape index (κ1) is 10.9. The van der Waals surface area contributed by atoms with Gasteiger partial charge in [0.05, 0.1) is 6.26 Å². The zero-order valence-electron chi connectivity index (χ0n) is 8.87. The summed E-state index contributed by atoms with van der Waals surface area (Å²) in [5.41, 5.74) is -1.01. The van der Waals surface area contributed by atoms with Crippen LogP contribution in [0.4, 0.5) is 5.69 Å². The second-order valence-corrected chi connectivity index (χ2v) is 3.34. The fourth-order valence-electron chi connectivity index (χ4n) is 1.33. The van der Waals surface area contributed by atoms with Gasteiger partial charge in [0.2, 0.25) is 0 Å². The predicted octanol–water partition coefficient (Wildman–Crippen LogP) is 0.217. The fraction of sp³-hybridized carbons (Fsp3) is 0.100. The smallest absolute Gasteiger partial charge is 0.326 e. The normalized spacial score (nSPS) is 10.2. The molecule has 0 atom stereocenters. The van der Waals surface area contributed by atoms with Crippen molar-refractivity contribution in [3.05, 3.63) is 50.7 Å². The van der Waals surface area contributed by atoms with E-state index in [-0.39, 0.29) is 17.1 Å². The maximum atomic E-state index is 11.6. The number of hydrogen-bond donors (Lipinski definition) is 3. The zero-order chi connectivity index (χ0) is 12.4. The number of carbonyl (C=O) groups is 1. The highest BCUT2D eigenvalue weighted by Crippen LogP contribution is 2.06. The number of amides is 1. The van der Waals surface area contributed by atoms with Crippen molar-refractivity contribution in [2.24, 2.45) is 0 Å². The van der Waals surface area contributed by atoms with Gasteiger partial charge in [0, 0.05) is 5.69 Å². The number of hydrogen-bond acceptors (Lipinski definition) is 4. The van der Waals surface area contributed by atoms with Crippen molar-refractivity contribution >= 4 is 11.6 Å². The Kier molecular flexibility index (Phi) is 2.65. The van der Waals surface area contributed by atoms with E-state index in [0.717, 1.165) is 0 Å². The van der Waals surface area contributed by atoms with Crippen LogP contribution in [0.2, 0.25) is 0 Å². The molecule has 7 heteroatoms. The minimum atomic E-state index is -0.661. The SMILES string of the molecule is Cc1[nH]c(=O)[nH]c(=O)c1NC(=O)c1ccco1. The third kappa shape index (κ3) is 2.17. The molecule has 1 amide bonds. The van der Waals surface area contributed by atoms with Gasteiger partial charge in [-0.15, -0.1) is 0 Å². The van der Waals surface area contributed by atoms with Crippen molar-refractivity contribution in [3.63, 3.8) is 0 Å². The molecule has 0 aromatic carbocycles. The van der Waals surface area contributed by atoms with Crippen molar-refractivity contribution in [1.82, 2.24) is 9.97 Å². The molecule has 17 heavy (non-hydrogen) atoms. The Morgan fingerprint density at radius 3 is 2.71 bits per heavy atom. The Labute approximate surface area is 94.5 Å². The van der Waals surface area contributed by atoms with Gasteiger partial charge in [-0.05, 0) is 19.1 Å². The molecule has 0 radical (unpaired) electrons. The van der Waals surface area contributed by atoms with Crippen molar-refractivity contribution < 1.29 is 9.21 Å². The monoisotopic (exact) mass is 235 g/mol. The molecule has 2 heterocycles.